The van der Waals surface area contributed by atoms with Crippen molar-refractivity contribution in [3.8, 4) is 0 Å². The van der Waals surface area contributed by atoms with E-state index < -0.39 is 5.97 Å². The predicted molar refractivity (Wildman–Crippen MR) is 107 cm³/mol. The van der Waals surface area contributed by atoms with Crippen molar-refractivity contribution in [2.75, 3.05) is 20.3 Å². The summed E-state index contributed by atoms with van der Waals surface area (Å²) in [7, 11) is 1.49. The zero-order chi connectivity index (χ0) is 22.0. The van der Waals surface area contributed by atoms with Crippen LogP contribution < -0.4 is 0 Å². The Bertz CT molecular complexity index is 781. The molecule has 0 saturated carbocycles. The van der Waals surface area contributed by atoms with Crippen molar-refractivity contribution in [2.24, 2.45) is 0 Å². The van der Waals surface area contributed by atoms with E-state index in [1.165, 1.54) is 22.8 Å². The standard InChI is InChI=1S/C20H29N3O6/c1-6-18(29-7-2)23-12-17(19(21-23)20(26)27)11-22(13-24)10-16(15(4)28-5)9-8-14(3)25/h8-9,12-13,18,25H,3,6-7,10-11H2,1-2,4-5H3,(H,26,27)/b9-8-,16-15-. The lowest BCUT2D eigenvalue weighted by Crippen LogP contribution is -2.25. The zero-order valence-electron chi connectivity index (χ0n) is 17.3. The molecular formula is C20H29N3O6. The molecule has 0 aliphatic heterocycles. The number of carboxylic acids is 1. The third-order valence-electron chi connectivity index (χ3n) is 4.14. The molecule has 0 aliphatic carbocycles. The SMILES string of the molecule is C=C(O)/C=C\C(CN(C=O)Cc1cn(C(CC)OCC)nc1C(=O)O)=C(/C)OC. The highest BCUT2D eigenvalue weighted by molar-refractivity contribution is 5.87. The van der Waals surface area contributed by atoms with E-state index in [9.17, 15) is 19.8 Å². The average Bonchev–Trinajstić information content (AvgIpc) is 3.11. The maximum absolute atomic E-state index is 11.6. The Morgan fingerprint density at radius 1 is 1.38 bits per heavy atom. The first-order valence-corrected chi connectivity index (χ1v) is 9.19. The van der Waals surface area contributed by atoms with E-state index in [1.807, 2.05) is 13.8 Å². The lowest BCUT2D eigenvalue weighted by molar-refractivity contribution is -0.118. The Morgan fingerprint density at radius 3 is 2.55 bits per heavy atom. The van der Waals surface area contributed by atoms with E-state index in [0.29, 0.717) is 36.3 Å². The topological polar surface area (TPSA) is 114 Å². The Balaban J connectivity index is 3.17. The molecule has 0 radical (unpaired) electrons. The number of hydrogen-bond donors (Lipinski definition) is 2. The van der Waals surface area contributed by atoms with Gasteiger partial charge in [0.25, 0.3) is 0 Å². The van der Waals surface area contributed by atoms with E-state index >= 15 is 0 Å². The summed E-state index contributed by atoms with van der Waals surface area (Å²) in [5.41, 5.74) is 0.871. The van der Waals surface area contributed by atoms with Gasteiger partial charge in [-0.25, -0.2) is 9.48 Å². The molecule has 1 amide bonds. The molecule has 9 nitrogen and oxygen atoms in total. The van der Waals surface area contributed by atoms with Gasteiger partial charge in [0.05, 0.1) is 12.9 Å². The summed E-state index contributed by atoms with van der Waals surface area (Å²) in [6.07, 6.45) is 5.40. The third-order valence-corrected chi connectivity index (χ3v) is 4.14. The van der Waals surface area contributed by atoms with Crippen LogP contribution in [-0.4, -0.2) is 57.5 Å². The van der Waals surface area contributed by atoms with Crippen molar-refractivity contribution < 1.29 is 29.3 Å². The summed E-state index contributed by atoms with van der Waals surface area (Å²) < 4.78 is 12.3. The van der Waals surface area contributed by atoms with Crippen LogP contribution in [0.4, 0.5) is 0 Å². The first-order valence-electron chi connectivity index (χ1n) is 9.19. The number of hydrogen-bond acceptors (Lipinski definition) is 6. The number of nitrogens with zero attached hydrogens (tertiary/aromatic N) is 3. The largest absolute Gasteiger partial charge is 0.509 e. The van der Waals surface area contributed by atoms with Crippen LogP contribution in [0.1, 0.15) is 49.5 Å². The summed E-state index contributed by atoms with van der Waals surface area (Å²) in [4.78, 5) is 24.7. The number of allylic oxidation sites excluding steroid dienone is 2. The molecule has 9 heteroatoms. The Hall–Kier alpha value is -3.07. The van der Waals surface area contributed by atoms with Crippen LogP contribution in [0.25, 0.3) is 0 Å². The van der Waals surface area contributed by atoms with Gasteiger partial charge in [-0.2, -0.15) is 5.10 Å². The second kappa shape index (κ2) is 11.7. The molecule has 1 heterocycles. The number of aliphatic hydroxyl groups is 1. The van der Waals surface area contributed by atoms with Crippen LogP contribution in [0, 0.1) is 0 Å². The van der Waals surface area contributed by atoms with Crippen LogP contribution in [0.15, 0.2) is 42.0 Å². The predicted octanol–water partition coefficient (Wildman–Crippen LogP) is 3.03. The molecule has 0 spiro atoms. The quantitative estimate of drug-likeness (QED) is 0.293. The van der Waals surface area contributed by atoms with Crippen LogP contribution in [0.5, 0.6) is 0 Å². The number of carbonyl (C=O) groups excluding carboxylic acids is 1. The Morgan fingerprint density at radius 2 is 2.07 bits per heavy atom. The lowest BCUT2D eigenvalue weighted by atomic mass is 10.1. The number of aromatic nitrogens is 2. The fourth-order valence-electron chi connectivity index (χ4n) is 2.62. The fourth-order valence-corrected chi connectivity index (χ4v) is 2.62. The highest BCUT2D eigenvalue weighted by Gasteiger charge is 2.21. The second-order valence-corrected chi connectivity index (χ2v) is 6.23. The highest BCUT2D eigenvalue weighted by atomic mass is 16.5. The smallest absolute Gasteiger partial charge is 0.356 e. The summed E-state index contributed by atoms with van der Waals surface area (Å²) in [6.45, 7) is 9.49. The van der Waals surface area contributed by atoms with Crippen LogP contribution >= 0.6 is 0 Å². The minimum absolute atomic E-state index is 0.0299. The molecular weight excluding hydrogens is 378 g/mol. The monoisotopic (exact) mass is 407 g/mol. The first kappa shape index (κ1) is 24.0. The van der Waals surface area contributed by atoms with E-state index in [0.717, 1.165) is 0 Å². The molecule has 0 bridgehead atoms. The van der Waals surface area contributed by atoms with Gasteiger partial charge in [-0.05, 0) is 26.3 Å². The van der Waals surface area contributed by atoms with Gasteiger partial charge in [0, 0.05) is 37.0 Å². The molecule has 1 atom stereocenters. The van der Waals surface area contributed by atoms with Gasteiger partial charge >= 0.3 is 5.97 Å². The maximum atomic E-state index is 11.6. The normalized spacial score (nSPS) is 13.1. The molecule has 2 N–H and O–H groups in total. The van der Waals surface area contributed by atoms with Crippen molar-refractivity contribution in [1.82, 2.24) is 14.7 Å². The zero-order valence-corrected chi connectivity index (χ0v) is 17.3. The number of aliphatic hydroxyl groups excluding tert-OH is 1. The van der Waals surface area contributed by atoms with Crippen LogP contribution in [-0.2, 0) is 20.8 Å². The summed E-state index contributed by atoms with van der Waals surface area (Å²) in [5.74, 6) is -0.776. The number of carbonyl (C=O) groups is 2. The molecule has 0 aromatic carbocycles. The van der Waals surface area contributed by atoms with Crippen molar-refractivity contribution in [3.05, 3.63) is 53.3 Å². The second-order valence-electron chi connectivity index (χ2n) is 6.23. The number of amides is 1. The summed E-state index contributed by atoms with van der Waals surface area (Å²) in [5, 5.41) is 22.9. The Labute approximate surface area is 170 Å². The molecule has 1 aromatic heterocycles. The van der Waals surface area contributed by atoms with Gasteiger partial charge in [0.15, 0.2) is 5.69 Å². The summed E-state index contributed by atoms with van der Waals surface area (Å²) >= 11 is 0. The van der Waals surface area contributed by atoms with Gasteiger partial charge in [-0.3, -0.25) is 4.79 Å². The number of rotatable bonds is 13. The Kier molecular flexibility index (Phi) is 9.67. The van der Waals surface area contributed by atoms with E-state index in [-0.39, 0.29) is 30.8 Å². The molecule has 29 heavy (non-hydrogen) atoms. The minimum Gasteiger partial charge on any atom is -0.509 e. The van der Waals surface area contributed by atoms with Gasteiger partial charge in [0.2, 0.25) is 6.41 Å². The molecule has 1 unspecified atom stereocenters. The summed E-state index contributed by atoms with van der Waals surface area (Å²) in [6, 6.07) is 0. The molecule has 0 aliphatic rings. The van der Waals surface area contributed by atoms with E-state index in [1.54, 1.807) is 19.2 Å². The van der Waals surface area contributed by atoms with Gasteiger partial charge in [0.1, 0.15) is 12.0 Å². The molecule has 0 saturated heterocycles. The average molecular weight is 407 g/mol. The van der Waals surface area contributed by atoms with Crippen molar-refractivity contribution in [2.45, 2.75) is 40.0 Å². The van der Waals surface area contributed by atoms with Crippen molar-refractivity contribution in [1.29, 1.82) is 0 Å². The molecule has 1 aromatic rings. The van der Waals surface area contributed by atoms with E-state index in [2.05, 4.69) is 11.7 Å². The van der Waals surface area contributed by atoms with Crippen molar-refractivity contribution in [3.63, 3.8) is 0 Å². The van der Waals surface area contributed by atoms with Gasteiger partial charge in [-0.15, -0.1) is 0 Å². The number of methoxy groups -OCH3 is 1. The van der Waals surface area contributed by atoms with Crippen LogP contribution in [0.2, 0.25) is 0 Å². The van der Waals surface area contributed by atoms with E-state index in [4.69, 9.17) is 9.47 Å². The maximum Gasteiger partial charge on any atom is 0.356 e. The number of carboxylic acid groups (broad SMARTS) is 1. The van der Waals surface area contributed by atoms with Gasteiger partial charge in [-0.1, -0.05) is 19.6 Å². The first-order chi connectivity index (χ1) is 13.8. The molecule has 0 fully saturated rings. The lowest BCUT2D eigenvalue weighted by Gasteiger charge is -2.19. The fraction of sp³-hybridized carbons (Fsp3) is 0.450. The van der Waals surface area contributed by atoms with Crippen LogP contribution in [0.3, 0.4) is 0 Å². The van der Waals surface area contributed by atoms with Gasteiger partial charge < -0.3 is 24.6 Å². The minimum atomic E-state index is -1.18. The molecule has 1 rings (SSSR count). The molecule has 160 valence electrons. The number of aromatic carboxylic acids is 1. The third kappa shape index (κ3) is 7.11. The van der Waals surface area contributed by atoms with Crippen molar-refractivity contribution >= 4 is 12.4 Å². The highest BCUT2D eigenvalue weighted by Crippen LogP contribution is 2.19. The number of ether oxygens (including phenoxy) is 2.